The van der Waals surface area contributed by atoms with Gasteiger partial charge >= 0.3 is 0 Å². The van der Waals surface area contributed by atoms with E-state index in [0.29, 0.717) is 16.7 Å². The van der Waals surface area contributed by atoms with E-state index < -0.39 is 0 Å². The molecule has 98 valence electrons. The van der Waals surface area contributed by atoms with Crippen molar-refractivity contribution in [2.24, 2.45) is 5.73 Å². The summed E-state index contributed by atoms with van der Waals surface area (Å²) in [7, 11) is 0. The Morgan fingerprint density at radius 3 is 2.83 bits per heavy atom. The molecule has 1 fully saturated rings. The van der Waals surface area contributed by atoms with Crippen LogP contribution in [0.15, 0.2) is 22.9 Å². The SMILES string of the molecule is NC1(CC(=O)Nc2cccnc2Br)CCCCC1. The maximum Gasteiger partial charge on any atom is 0.226 e. The lowest BCUT2D eigenvalue weighted by Crippen LogP contribution is -2.44. The molecule has 1 aromatic rings. The number of anilines is 1. The van der Waals surface area contributed by atoms with Crippen LogP contribution < -0.4 is 11.1 Å². The number of nitrogens with one attached hydrogen (secondary N) is 1. The van der Waals surface area contributed by atoms with E-state index >= 15 is 0 Å². The molecule has 0 aliphatic heterocycles. The summed E-state index contributed by atoms with van der Waals surface area (Å²) >= 11 is 3.31. The van der Waals surface area contributed by atoms with Crippen molar-refractivity contribution in [3.8, 4) is 0 Å². The number of pyridine rings is 1. The zero-order valence-corrected chi connectivity index (χ0v) is 11.9. The van der Waals surface area contributed by atoms with E-state index in [4.69, 9.17) is 5.73 Å². The molecule has 1 heterocycles. The van der Waals surface area contributed by atoms with Gasteiger partial charge in [0.15, 0.2) is 0 Å². The number of halogens is 1. The minimum atomic E-state index is -0.322. The molecular formula is C13H18BrN3O. The van der Waals surface area contributed by atoms with E-state index in [0.717, 1.165) is 25.7 Å². The monoisotopic (exact) mass is 311 g/mol. The quantitative estimate of drug-likeness (QED) is 0.843. The number of hydrogen-bond donors (Lipinski definition) is 2. The number of aromatic nitrogens is 1. The molecule has 2 rings (SSSR count). The third-order valence-corrected chi connectivity index (χ3v) is 4.03. The van der Waals surface area contributed by atoms with Crippen LogP contribution in [0.3, 0.4) is 0 Å². The highest BCUT2D eigenvalue weighted by Gasteiger charge is 2.30. The van der Waals surface area contributed by atoms with Gasteiger partial charge in [-0.25, -0.2) is 4.98 Å². The number of nitrogens with zero attached hydrogens (tertiary/aromatic N) is 1. The molecule has 0 spiro atoms. The predicted octanol–water partition coefficient (Wildman–Crippen LogP) is 2.83. The number of carbonyl (C=O) groups excluding carboxylic acids is 1. The summed E-state index contributed by atoms with van der Waals surface area (Å²) in [5.41, 5.74) is 6.64. The van der Waals surface area contributed by atoms with Gasteiger partial charge in [-0.1, -0.05) is 19.3 Å². The first kappa shape index (κ1) is 13.5. The normalized spacial score (nSPS) is 18.3. The summed E-state index contributed by atoms with van der Waals surface area (Å²) in [5.74, 6) is -0.0342. The third kappa shape index (κ3) is 3.53. The van der Waals surface area contributed by atoms with Crippen LogP contribution >= 0.6 is 15.9 Å². The average molecular weight is 312 g/mol. The molecule has 1 amide bonds. The van der Waals surface area contributed by atoms with E-state index in [9.17, 15) is 4.79 Å². The van der Waals surface area contributed by atoms with Gasteiger partial charge in [-0.05, 0) is 40.9 Å². The number of rotatable bonds is 3. The van der Waals surface area contributed by atoms with Crippen LogP contribution in [0.2, 0.25) is 0 Å². The van der Waals surface area contributed by atoms with Gasteiger partial charge in [0.25, 0.3) is 0 Å². The minimum absolute atomic E-state index is 0.0342. The second kappa shape index (κ2) is 5.80. The standard InChI is InChI=1S/C13H18BrN3O/c14-12-10(5-4-8-16-12)17-11(18)9-13(15)6-2-1-3-7-13/h4-5,8H,1-3,6-7,9,15H2,(H,17,18). The Morgan fingerprint density at radius 2 is 2.17 bits per heavy atom. The van der Waals surface area contributed by atoms with Crippen molar-refractivity contribution >= 4 is 27.5 Å². The minimum Gasteiger partial charge on any atom is -0.325 e. The molecule has 0 aromatic carbocycles. The molecule has 1 aliphatic rings. The number of hydrogen-bond acceptors (Lipinski definition) is 3. The Morgan fingerprint density at radius 1 is 1.44 bits per heavy atom. The Kier molecular flexibility index (Phi) is 4.35. The summed E-state index contributed by atoms with van der Waals surface area (Å²) in [6.45, 7) is 0. The Balaban J connectivity index is 1.94. The van der Waals surface area contributed by atoms with Crippen molar-refractivity contribution in [3.63, 3.8) is 0 Å². The lowest BCUT2D eigenvalue weighted by atomic mass is 9.80. The van der Waals surface area contributed by atoms with Crippen molar-refractivity contribution in [3.05, 3.63) is 22.9 Å². The number of nitrogens with two attached hydrogens (primary N) is 1. The van der Waals surface area contributed by atoms with E-state index in [1.807, 2.05) is 6.07 Å². The molecule has 1 aliphatic carbocycles. The van der Waals surface area contributed by atoms with Gasteiger partial charge in [-0.15, -0.1) is 0 Å². The zero-order chi connectivity index (χ0) is 13.0. The number of carbonyl (C=O) groups is 1. The predicted molar refractivity (Wildman–Crippen MR) is 75.2 cm³/mol. The molecular weight excluding hydrogens is 294 g/mol. The van der Waals surface area contributed by atoms with Crippen molar-refractivity contribution in [2.45, 2.75) is 44.1 Å². The van der Waals surface area contributed by atoms with Gasteiger partial charge in [-0.2, -0.15) is 0 Å². The van der Waals surface area contributed by atoms with E-state index in [-0.39, 0.29) is 11.4 Å². The highest BCUT2D eigenvalue weighted by molar-refractivity contribution is 9.10. The van der Waals surface area contributed by atoms with Crippen LogP contribution in [-0.4, -0.2) is 16.4 Å². The van der Waals surface area contributed by atoms with Crippen LogP contribution in [-0.2, 0) is 4.79 Å². The molecule has 0 radical (unpaired) electrons. The third-order valence-electron chi connectivity index (χ3n) is 3.40. The maximum atomic E-state index is 12.0. The van der Waals surface area contributed by atoms with Crippen LogP contribution in [0.5, 0.6) is 0 Å². The molecule has 1 saturated carbocycles. The topological polar surface area (TPSA) is 68.0 Å². The molecule has 1 aromatic heterocycles. The summed E-state index contributed by atoms with van der Waals surface area (Å²) < 4.78 is 0.646. The fourth-order valence-corrected chi connectivity index (χ4v) is 2.78. The van der Waals surface area contributed by atoms with Gasteiger partial charge in [0.1, 0.15) is 4.60 Å². The largest absolute Gasteiger partial charge is 0.325 e. The average Bonchev–Trinajstić information content (AvgIpc) is 2.32. The summed E-state index contributed by atoms with van der Waals surface area (Å²) in [4.78, 5) is 16.1. The second-order valence-electron chi connectivity index (χ2n) is 4.99. The fraction of sp³-hybridized carbons (Fsp3) is 0.538. The molecule has 3 N–H and O–H groups in total. The van der Waals surface area contributed by atoms with Crippen molar-refractivity contribution in [2.75, 3.05) is 5.32 Å². The Bertz CT molecular complexity index is 430. The van der Waals surface area contributed by atoms with Gasteiger partial charge in [0.05, 0.1) is 5.69 Å². The zero-order valence-electron chi connectivity index (χ0n) is 10.3. The summed E-state index contributed by atoms with van der Waals surface area (Å²) in [6.07, 6.45) is 7.42. The molecule has 0 atom stereocenters. The lowest BCUT2D eigenvalue weighted by molar-refractivity contribution is -0.117. The van der Waals surface area contributed by atoms with E-state index in [2.05, 4.69) is 26.2 Å². The van der Waals surface area contributed by atoms with Crippen LogP contribution in [0.4, 0.5) is 5.69 Å². The first-order valence-electron chi connectivity index (χ1n) is 6.28. The Labute approximate surface area is 115 Å². The maximum absolute atomic E-state index is 12.0. The number of amides is 1. The highest BCUT2D eigenvalue weighted by atomic mass is 79.9. The second-order valence-corrected chi connectivity index (χ2v) is 5.74. The first-order valence-corrected chi connectivity index (χ1v) is 7.08. The fourth-order valence-electron chi connectivity index (χ4n) is 2.43. The van der Waals surface area contributed by atoms with E-state index in [1.54, 1.807) is 12.3 Å². The lowest BCUT2D eigenvalue weighted by Gasteiger charge is -2.32. The van der Waals surface area contributed by atoms with E-state index in [1.165, 1.54) is 6.42 Å². The molecule has 4 nitrogen and oxygen atoms in total. The summed E-state index contributed by atoms with van der Waals surface area (Å²) in [5, 5.41) is 2.85. The highest BCUT2D eigenvalue weighted by Crippen LogP contribution is 2.29. The Hall–Kier alpha value is -0.940. The van der Waals surface area contributed by atoms with Crippen molar-refractivity contribution in [1.82, 2.24) is 4.98 Å². The van der Waals surface area contributed by atoms with Crippen LogP contribution in [0.1, 0.15) is 38.5 Å². The van der Waals surface area contributed by atoms with Gasteiger partial charge in [0, 0.05) is 18.2 Å². The first-order chi connectivity index (χ1) is 8.59. The van der Waals surface area contributed by atoms with Gasteiger partial charge < -0.3 is 11.1 Å². The summed E-state index contributed by atoms with van der Waals surface area (Å²) in [6, 6.07) is 3.61. The smallest absolute Gasteiger partial charge is 0.226 e. The van der Waals surface area contributed by atoms with Crippen LogP contribution in [0, 0.1) is 0 Å². The molecule has 5 heteroatoms. The van der Waals surface area contributed by atoms with Gasteiger partial charge in [0.2, 0.25) is 5.91 Å². The molecule has 0 bridgehead atoms. The van der Waals surface area contributed by atoms with Crippen molar-refractivity contribution in [1.29, 1.82) is 0 Å². The van der Waals surface area contributed by atoms with Crippen LogP contribution in [0.25, 0.3) is 0 Å². The molecule has 0 saturated heterocycles. The molecule has 18 heavy (non-hydrogen) atoms. The van der Waals surface area contributed by atoms with Gasteiger partial charge in [-0.3, -0.25) is 4.79 Å². The van der Waals surface area contributed by atoms with Crippen molar-refractivity contribution < 1.29 is 4.79 Å². The molecule has 0 unspecified atom stereocenters.